The number of rotatable bonds is 5. The van der Waals surface area contributed by atoms with Gasteiger partial charge in [0.15, 0.2) is 0 Å². The molecule has 2 aromatic heterocycles. The van der Waals surface area contributed by atoms with Crippen molar-refractivity contribution < 1.29 is 12.9 Å². The van der Waals surface area contributed by atoms with Crippen molar-refractivity contribution in [3.63, 3.8) is 0 Å². The lowest BCUT2D eigenvalue weighted by Gasteiger charge is -2.15. The molecule has 4 rings (SSSR count). The lowest BCUT2D eigenvalue weighted by Crippen LogP contribution is -2.27. The van der Waals surface area contributed by atoms with Crippen LogP contribution >= 0.6 is 11.3 Å². The zero-order chi connectivity index (χ0) is 18.0. The van der Waals surface area contributed by atoms with Crippen molar-refractivity contribution in [3.05, 3.63) is 52.5 Å². The van der Waals surface area contributed by atoms with Gasteiger partial charge in [-0.2, -0.15) is 9.29 Å². The Morgan fingerprint density at radius 3 is 2.54 bits per heavy atom. The lowest BCUT2D eigenvalue weighted by atomic mass is 10.2. The van der Waals surface area contributed by atoms with Gasteiger partial charge in [0.1, 0.15) is 0 Å². The predicted molar refractivity (Wildman–Crippen MR) is 101 cm³/mol. The van der Waals surface area contributed by atoms with E-state index in [9.17, 15) is 8.42 Å². The number of nitrogens with zero attached hydrogens (tertiary/aromatic N) is 3. The van der Waals surface area contributed by atoms with Gasteiger partial charge in [-0.05, 0) is 54.6 Å². The Bertz CT molecular complexity index is 1000. The quantitative estimate of drug-likeness (QED) is 0.666. The Morgan fingerprint density at radius 1 is 1.08 bits per heavy atom. The molecule has 0 unspecified atom stereocenters. The van der Waals surface area contributed by atoms with E-state index in [1.807, 2.05) is 23.6 Å². The maximum atomic E-state index is 12.6. The monoisotopic (exact) mass is 387 g/mol. The highest BCUT2D eigenvalue weighted by molar-refractivity contribution is 7.89. The van der Waals surface area contributed by atoms with E-state index < -0.39 is 10.0 Å². The average Bonchev–Trinajstić information content (AvgIpc) is 3.43. The summed E-state index contributed by atoms with van der Waals surface area (Å²) < 4.78 is 31.9. The van der Waals surface area contributed by atoms with E-state index >= 15 is 0 Å². The second kappa shape index (κ2) is 7.14. The van der Waals surface area contributed by atoms with Gasteiger partial charge < -0.3 is 4.52 Å². The van der Waals surface area contributed by atoms with Crippen LogP contribution < -0.4 is 0 Å². The molecule has 1 saturated heterocycles. The van der Waals surface area contributed by atoms with Gasteiger partial charge in [-0.3, -0.25) is 0 Å². The summed E-state index contributed by atoms with van der Waals surface area (Å²) in [6.45, 7) is 1.18. The highest BCUT2D eigenvalue weighted by atomic mass is 32.2. The van der Waals surface area contributed by atoms with Crippen LogP contribution in [0.25, 0.3) is 23.5 Å². The van der Waals surface area contributed by atoms with Crippen LogP contribution in [-0.2, 0) is 10.0 Å². The van der Waals surface area contributed by atoms with E-state index in [0.29, 0.717) is 35.3 Å². The van der Waals surface area contributed by atoms with Crippen LogP contribution in [0, 0.1) is 0 Å². The molecule has 1 aliphatic heterocycles. The fourth-order valence-corrected chi connectivity index (χ4v) is 4.95. The topological polar surface area (TPSA) is 76.3 Å². The van der Waals surface area contributed by atoms with Gasteiger partial charge in [-0.1, -0.05) is 11.2 Å². The first-order chi connectivity index (χ1) is 12.6. The summed E-state index contributed by atoms with van der Waals surface area (Å²) in [6, 6.07) is 10.6. The van der Waals surface area contributed by atoms with Crippen molar-refractivity contribution >= 4 is 33.5 Å². The Labute approximate surface area is 155 Å². The molecule has 0 spiro atoms. The average molecular weight is 387 g/mol. The molecule has 134 valence electrons. The first kappa shape index (κ1) is 17.1. The molecular formula is C18H17N3O3S2. The molecule has 3 heterocycles. The van der Waals surface area contributed by atoms with E-state index in [4.69, 9.17) is 4.52 Å². The first-order valence-corrected chi connectivity index (χ1v) is 10.6. The highest BCUT2D eigenvalue weighted by Crippen LogP contribution is 2.24. The van der Waals surface area contributed by atoms with Gasteiger partial charge in [-0.15, -0.1) is 11.3 Å². The standard InChI is InChI=1S/C18H17N3O3S2/c22-26(23,21-11-1-2-12-21)16-8-5-14(6-9-16)18-19-17(24-20-18)10-7-15-4-3-13-25-15/h3-10,13H,1-2,11-12H2/b10-7+. The molecule has 0 aliphatic carbocycles. The Balaban J connectivity index is 1.52. The largest absolute Gasteiger partial charge is 0.334 e. The zero-order valence-corrected chi connectivity index (χ0v) is 15.5. The molecular weight excluding hydrogens is 370 g/mol. The summed E-state index contributed by atoms with van der Waals surface area (Å²) in [6.07, 6.45) is 5.51. The maximum Gasteiger partial charge on any atom is 0.250 e. The molecule has 6 nitrogen and oxygen atoms in total. The predicted octanol–water partition coefficient (Wildman–Crippen LogP) is 3.75. The molecule has 8 heteroatoms. The fraction of sp³-hybridized carbons (Fsp3) is 0.222. The zero-order valence-electron chi connectivity index (χ0n) is 13.9. The summed E-state index contributed by atoms with van der Waals surface area (Å²) in [5.41, 5.74) is 0.713. The number of benzene rings is 1. The minimum absolute atomic E-state index is 0.296. The minimum atomic E-state index is -3.41. The number of hydrogen-bond donors (Lipinski definition) is 0. The summed E-state index contributed by atoms with van der Waals surface area (Å²) in [5, 5.41) is 5.96. The summed E-state index contributed by atoms with van der Waals surface area (Å²) >= 11 is 1.62. The highest BCUT2D eigenvalue weighted by Gasteiger charge is 2.27. The van der Waals surface area contributed by atoms with Crippen molar-refractivity contribution in [1.29, 1.82) is 0 Å². The summed E-state index contributed by atoms with van der Waals surface area (Å²) in [7, 11) is -3.41. The number of aromatic nitrogens is 2. The van der Waals surface area contributed by atoms with E-state index in [0.717, 1.165) is 17.7 Å². The van der Waals surface area contributed by atoms with Crippen LogP contribution in [0.2, 0.25) is 0 Å². The smallest absolute Gasteiger partial charge is 0.250 e. The fourth-order valence-electron chi connectivity index (χ4n) is 2.81. The second-order valence-corrected chi connectivity index (χ2v) is 8.86. The molecule has 26 heavy (non-hydrogen) atoms. The van der Waals surface area contributed by atoms with Gasteiger partial charge in [-0.25, -0.2) is 8.42 Å². The minimum Gasteiger partial charge on any atom is -0.334 e. The normalized spacial score (nSPS) is 15.8. The van der Waals surface area contributed by atoms with Gasteiger partial charge in [0.2, 0.25) is 15.8 Å². The Kier molecular flexibility index (Phi) is 4.71. The van der Waals surface area contributed by atoms with E-state index in [2.05, 4.69) is 10.1 Å². The van der Waals surface area contributed by atoms with Gasteiger partial charge in [0.05, 0.1) is 4.90 Å². The van der Waals surface area contributed by atoms with Crippen molar-refractivity contribution in [2.45, 2.75) is 17.7 Å². The summed E-state index contributed by atoms with van der Waals surface area (Å²) in [5.74, 6) is 0.836. The van der Waals surface area contributed by atoms with Crippen LogP contribution in [-0.4, -0.2) is 36.0 Å². The molecule has 0 saturated carbocycles. The van der Waals surface area contributed by atoms with Crippen LogP contribution in [0.5, 0.6) is 0 Å². The van der Waals surface area contributed by atoms with E-state index in [1.54, 1.807) is 41.7 Å². The second-order valence-electron chi connectivity index (χ2n) is 5.94. The molecule has 0 atom stereocenters. The molecule has 1 aromatic carbocycles. The van der Waals surface area contributed by atoms with E-state index in [1.165, 1.54) is 4.31 Å². The van der Waals surface area contributed by atoms with E-state index in [-0.39, 0.29) is 0 Å². The molecule has 1 aliphatic rings. The Morgan fingerprint density at radius 2 is 1.85 bits per heavy atom. The SMILES string of the molecule is O=S(=O)(c1ccc(-c2noc(/C=C/c3cccs3)n2)cc1)N1CCCC1. The van der Waals surface area contributed by atoms with Gasteiger partial charge in [0, 0.05) is 29.6 Å². The van der Waals surface area contributed by atoms with Crippen molar-refractivity contribution in [3.8, 4) is 11.4 Å². The number of hydrogen-bond acceptors (Lipinski definition) is 6. The third-order valence-corrected chi connectivity index (χ3v) is 6.94. The Hall–Kier alpha value is -2.29. The first-order valence-electron chi connectivity index (χ1n) is 8.29. The van der Waals surface area contributed by atoms with Crippen molar-refractivity contribution in [2.24, 2.45) is 0 Å². The van der Waals surface area contributed by atoms with Gasteiger partial charge in [0.25, 0.3) is 5.89 Å². The molecule has 1 fully saturated rings. The molecule has 0 radical (unpaired) electrons. The van der Waals surface area contributed by atoms with Crippen molar-refractivity contribution in [1.82, 2.24) is 14.4 Å². The number of thiophene rings is 1. The molecule has 3 aromatic rings. The third-order valence-electron chi connectivity index (χ3n) is 4.19. The van der Waals surface area contributed by atoms with Crippen molar-refractivity contribution in [2.75, 3.05) is 13.1 Å². The molecule has 0 N–H and O–H groups in total. The van der Waals surface area contributed by atoms with Crippen LogP contribution in [0.15, 0.2) is 51.2 Å². The third kappa shape index (κ3) is 3.48. The van der Waals surface area contributed by atoms with Crippen LogP contribution in [0.4, 0.5) is 0 Å². The molecule has 0 amide bonds. The number of sulfonamides is 1. The maximum absolute atomic E-state index is 12.6. The summed E-state index contributed by atoms with van der Waals surface area (Å²) in [4.78, 5) is 5.72. The molecule has 0 bridgehead atoms. The van der Waals surface area contributed by atoms with Gasteiger partial charge >= 0.3 is 0 Å². The lowest BCUT2D eigenvalue weighted by molar-refractivity contribution is 0.411. The van der Waals surface area contributed by atoms with Crippen LogP contribution in [0.3, 0.4) is 0 Å². The van der Waals surface area contributed by atoms with Crippen LogP contribution in [0.1, 0.15) is 23.6 Å².